The Balaban J connectivity index is 2.82. The molecule has 0 spiro atoms. The van der Waals surface area contributed by atoms with Gasteiger partial charge in [0.1, 0.15) is 0 Å². The summed E-state index contributed by atoms with van der Waals surface area (Å²) < 4.78 is 0. The maximum atomic E-state index is 6.15. The zero-order chi connectivity index (χ0) is 12.0. The van der Waals surface area contributed by atoms with Crippen molar-refractivity contribution in [3.63, 3.8) is 0 Å². The Labute approximate surface area is 107 Å². The molecule has 0 bridgehead atoms. The molecule has 0 radical (unpaired) electrons. The van der Waals surface area contributed by atoms with E-state index in [1.54, 1.807) is 12.3 Å². The first-order valence-electron chi connectivity index (χ1n) is 5.73. The van der Waals surface area contributed by atoms with Gasteiger partial charge in [0.15, 0.2) is 0 Å². The summed E-state index contributed by atoms with van der Waals surface area (Å²) in [5.74, 6) is 0. The topological polar surface area (TPSA) is 24.9 Å². The van der Waals surface area contributed by atoms with Crippen LogP contribution in [-0.2, 0) is 0 Å². The van der Waals surface area contributed by atoms with E-state index in [0.717, 1.165) is 31.5 Å². The van der Waals surface area contributed by atoms with E-state index in [9.17, 15) is 0 Å². The molecule has 90 valence electrons. The number of rotatable bonds is 6. The van der Waals surface area contributed by atoms with Gasteiger partial charge in [-0.3, -0.25) is 4.98 Å². The van der Waals surface area contributed by atoms with Crippen LogP contribution in [0.15, 0.2) is 12.3 Å². The highest BCUT2D eigenvalue weighted by Crippen LogP contribution is 2.26. The van der Waals surface area contributed by atoms with Crippen LogP contribution < -0.4 is 5.32 Å². The van der Waals surface area contributed by atoms with Crippen LogP contribution in [0.1, 0.15) is 44.8 Å². The first kappa shape index (κ1) is 13.8. The quantitative estimate of drug-likeness (QED) is 0.828. The van der Waals surface area contributed by atoms with E-state index in [-0.39, 0.29) is 6.04 Å². The smallest absolute Gasteiger partial charge is 0.0760 e. The second-order valence-electron chi connectivity index (χ2n) is 3.82. The molecule has 2 nitrogen and oxygen atoms in total. The van der Waals surface area contributed by atoms with E-state index in [2.05, 4.69) is 24.1 Å². The second kappa shape index (κ2) is 7.10. The maximum absolute atomic E-state index is 6.15. The van der Waals surface area contributed by atoms with Crippen molar-refractivity contribution in [1.82, 2.24) is 10.3 Å². The molecule has 0 saturated carbocycles. The van der Waals surface area contributed by atoms with Crippen LogP contribution in [0.3, 0.4) is 0 Å². The average Bonchev–Trinajstić information content (AvgIpc) is 2.25. The van der Waals surface area contributed by atoms with Crippen molar-refractivity contribution >= 4 is 23.2 Å². The zero-order valence-electron chi connectivity index (χ0n) is 9.76. The monoisotopic (exact) mass is 260 g/mol. The lowest BCUT2D eigenvalue weighted by Crippen LogP contribution is -2.23. The number of halogens is 2. The molecule has 0 aliphatic heterocycles. The Bertz CT molecular complexity index is 329. The summed E-state index contributed by atoms with van der Waals surface area (Å²) in [7, 11) is 0. The molecule has 0 aliphatic rings. The molecular formula is C12H18Cl2N2. The molecule has 0 amide bonds. The van der Waals surface area contributed by atoms with Crippen LogP contribution in [0, 0.1) is 0 Å². The van der Waals surface area contributed by atoms with Gasteiger partial charge in [0.25, 0.3) is 0 Å². The van der Waals surface area contributed by atoms with Crippen LogP contribution in [0.25, 0.3) is 0 Å². The van der Waals surface area contributed by atoms with E-state index in [4.69, 9.17) is 23.2 Å². The number of hydrogen-bond donors (Lipinski definition) is 1. The number of hydrogen-bond acceptors (Lipinski definition) is 2. The molecule has 1 aromatic heterocycles. The van der Waals surface area contributed by atoms with Crippen molar-refractivity contribution in [2.75, 3.05) is 6.54 Å². The molecule has 0 fully saturated rings. The summed E-state index contributed by atoms with van der Waals surface area (Å²) >= 11 is 12.0. The normalized spacial score (nSPS) is 12.8. The van der Waals surface area contributed by atoms with Crippen LogP contribution in [0.4, 0.5) is 0 Å². The van der Waals surface area contributed by atoms with E-state index in [1.807, 2.05) is 0 Å². The highest BCUT2D eigenvalue weighted by molar-refractivity contribution is 6.34. The SMILES string of the molecule is CCCNC(CCC)c1ncc(Cl)cc1Cl. The fraction of sp³-hybridized carbons (Fsp3) is 0.583. The molecule has 1 unspecified atom stereocenters. The molecule has 4 heteroatoms. The minimum Gasteiger partial charge on any atom is -0.309 e. The molecule has 16 heavy (non-hydrogen) atoms. The zero-order valence-corrected chi connectivity index (χ0v) is 11.3. The van der Waals surface area contributed by atoms with Crippen molar-refractivity contribution in [1.29, 1.82) is 0 Å². The van der Waals surface area contributed by atoms with Crippen molar-refractivity contribution in [3.8, 4) is 0 Å². The largest absolute Gasteiger partial charge is 0.309 e. The number of aromatic nitrogens is 1. The van der Waals surface area contributed by atoms with E-state index in [1.165, 1.54) is 0 Å². The third kappa shape index (κ3) is 3.93. The molecule has 0 aromatic carbocycles. The average molecular weight is 261 g/mol. The third-order valence-electron chi connectivity index (χ3n) is 2.38. The van der Waals surface area contributed by atoms with Crippen LogP contribution in [0.5, 0.6) is 0 Å². The Kier molecular flexibility index (Phi) is 6.10. The van der Waals surface area contributed by atoms with Crippen molar-refractivity contribution in [2.24, 2.45) is 0 Å². The Morgan fingerprint density at radius 1 is 1.31 bits per heavy atom. The van der Waals surface area contributed by atoms with Crippen LogP contribution in [0.2, 0.25) is 10.0 Å². The van der Waals surface area contributed by atoms with Gasteiger partial charge in [0.05, 0.1) is 21.8 Å². The number of nitrogens with zero attached hydrogens (tertiary/aromatic N) is 1. The van der Waals surface area contributed by atoms with Gasteiger partial charge in [-0.2, -0.15) is 0 Å². The maximum Gasteiger partial charge on any atom is 0.0760 e. The molecule has 1 aromatic rings. The van der Waals surface area contributed by atoms with Crippen molar-refractivity contribution in [3.05, 3.63) is 28.0 Å². The third-order valence-corrected chi connectivity index (χ3v) is 2.89. The summed E-state index contributed by atoms with van der Waals surface area (Å²) in [6.45, 7) is 5.28. The van der Waals surface area contributed by atoms with Gasteiger partial charge in [0.2, 0.25) is 0 Å². The Morgan fingerprint density at radius 2 is 2.06 bits per heavy atom. The van der Waals surface area contributed by atoms with Gasteiger partial charge in [0, 0.05) is 6.20 Å². The fourth-order valence-corrected chi connectivity index (χ4v) is 2.14. The van der Waals surface area contributed by atoms with Crippen molar-refractivity contribution < 1.29 is 0 Å². The molecule has 1 N–H and O–H groups in total. The molecule has 1 atom stereocenters. The van der Waals surface area contributed by atoms with Gasteiger partial charge in [-0.05, 0) is 25.5 Å². The summed E-state index contributed by atoms with van der Waals surface area (Å²) in [4.78, 5) is 4.32. The van der Waals surface area contributed by atoms with Gasteiger partial charge < -0.3 is 5.32 Å². The predicted molar refractivity (Wildman–Crippen MR) is 70.2 cm³/mol. The van der Waals surface area contributed by atoms with Gasteiger partial charge in [-0.25, -0.2) is 0 Å². The lowest BCUT2D eigenvalue weighted by Gasteiger charge is -2.18. The van der Waals surface area contributed by atoms with Crippen molar-refractivity contribution in [2.45, 2.75) is 39.2 Å². The molecule has 1 heterocycles. The van der Waals surface area contributed by atoms with Crippen LogP contribution >= 0.6 is 23.2 Å². The summed E-state index contributed by atoms with van der Waals surface area (Å²) in [6.07, 6.45) is 4.89. The minimum atomic E-state index is 0.231. The summed E-state index contributed by atoms with van der Waals surface area (Å²) in [6, 6.07) is 1.98. The standard InChI is InChI=1S/C12H18Cl2N2/c1-3-5-11(15-6-4-2)12-10(14)7-9(13)8-16-12/h7-8,11,15H,3-6H2,1-2H3. The summed E-state index contributed by atoms with van der Waals surface area (Å²) in [5, 5.41) is 4.69. The Hall–Kier alpha value is -0.310. The van der Waals surface area contributed by atoms with Crippen LogP contribution in [-0.4, -0.2) is 11.5 Å². The fourth-order valence-electron chi connectivity index (χ4n) is 1.62. The van der Waals surface area contributed by atoms with E-state index in [0.29, 0.717) is 10.0 Å². The highest BCUT2D eigenvalue weighted by atomic mass is 35.5. The number of nitrogens with one attached hydrogen (secondary N) is 1. The lowest BCUT2D eigenvalue weighted by atomic mass is 10.1. The van der Waals surface area contributed by atoms with Gasteiger partial charge >= 0.3 is 0 Å². The first-order chi connectivity index (χ1) is 7.69. The molecule has 1 rings (SSSR count). The second-order valence-corrected chi connectivity index (χ2v) is 4.66. The summed E-state index contributed by atoms with van der Waals surface area (Å²) in [5.41, 5.74) is 0.904. The predicted octanol–water partition coefficient (Wildman–Crippen LogP) is 4.23. The highest BCUT2D eigenvalue weighted by Gasteiger charge is 2.14. The molecule has 0 aliphatic carbocycles. The van der Waals surface area contributed by atoms with Gasteiger partial charge in [-0.1, -0.05) is 43.5 Å². The Morgan fingerprint density at radius 3 is 2.62 bits per heavy atom. The van der Waals surface area contributed by atoms with E-state index >= 15 is 0 Å². The van der Waals surface area contributed by atoms with E-state index < -0.39 is 0 Å². The lowest BCUT2D eigenvalue weighted by molar-refractivity contribution is 0.484. The molecular weight excluding hydrogens is 243 g/mol. The van der Waals surface area contributed by atoms with Gasteiger partial charge in [-0.15, -0.1) is 0 Å². The first-order valence-corrected chi connectivity index (χ1v) is 6.49. The number of pyridine rings is 1. The molecule has 0 saturated heterocycles. The minimum absolute atomic E-state index is 0.231.